The molecule has 4 rings (SSSR count). The Kier molecular flexibility index (Phi) is 6.27. The van der Waals surface area contributed by atoms with Crippen molar-refractivity contribution < 1.29 is 18.3 Å². The van der Waals surface area contributed by atoms with E-state index in [1.54, 1.807) is 13.1 Å². The summed E-state index contributed by atoms with van der Waals surface area (Å²) in [6.07, 6.45) is -1.07. The summed E-state index contributed by atoms with van der Waals surface area (Å²) in [6.45, 7) is 2.00. The zero-order valence-electron chi connectivity index (χ0n) is 17.5. The van der Waals surface area contributed by atoms with Crippen molar-refractivity contribution in [2.45, 2.75) is 44.6 Å². The number of hydrogen-bond acceptors (Lipinski definition) is 6. The van der Waals surface area contributed by atoms with Gasteiger partial charge in [-0.1, -0.05) is 30.3 Å². The van der Waals surface area contributed by atoms with E-state index in [0.29, 0.717) is 6.54 Å². The van der Waals surface area contributed by atoms with Crippen molar-refractivity contribution in [3.8, 4) is 11.3 Å². The third-order valence-corrected chi connectivity index (χ3v) is 5.44. The van der Waals surface area contributed by atoms with Gasteiger partial charge in [-0.2, -0.15) is 18.2 Å². The molecule has 2 atom stereocenters. The topological polar surface area (TPSA) is 83.0 Å². The van der Waals surface area contributed by atoms with Gasteiger partial charge in [-0.05, 0) is 43.4 Å². The summed E-state index contributed by atoms with van der Waals surface area (Å²) < 4.78 is 40.3. The number of aliphatic hydroxyl groups excluding tert-OH is 1. The van der Waals surface area contributed by atoms with Crippen LogP contribution < -0.4 is 10.6 Å². The lowest BCUT2D eigenvalue weighted by Crippen LogP contribution is -2.33. The van der Waals surface area contributed by atoms with Crippen LogP contribution in [0.5, 0.6) is 0 Å². The van der Waals surface area contributed by atoms with Crippen molar-refractivity contribution in [1.29, 1.82) is 0 Å². The molecular weight excluding hydrogens is 419 g/mol. The number of aromatic nitrogens is 3. The largest absolute Gasteiger partial charge is 0.421 e. The standard InChI is InChI=1S/C23H24F3N5O/c1-14(20(32)17-9-10-17)30-21-18(23(24,25)26)13-29-22(31-21)28-12-15-5-7-16(8-6-15)19-4-2-3-11-27-19/h2-8,11,13-14,17,20,32H,9-10,12H2,1H3,(H2,28,29,30,31)/t14-,20-/m1/s1. The Balaban J connectivity index is 1.46. The van der Waals surface area contributed by atoms with E-state index >= 15 is 0 Å². The van der Waals surface area contributed by atoms with Crippen molar-refractivity contribution in [2.75, 3.05) is 10.6 Å². The summed E-state index contributed by atoms with van der Waals surface area (Å²) in [7, 11) is 0. The van der Waals surface area contributed by atoms with Crippen LogP contribution in [0.4, 0.5) is 24.9 Å². The molecule has 3 N–H and O–H groups in total. The van der Waals surface area contributed by atoms with Gasteiger partial charge in [0, 0.05) is 24.5 Å². The highest BCUT2D eigenvalue weighted by molar-refractivity contribution is 5.59. The van der Waals surface area contributed by atoms with E-state index in [4.69, 9.17) is 0 Å². The fourth-order valence-corrected chi connectivity index (χ4v) is 3.44. The molecule has 32 heavy (non-hydrogen) atoms. The molecule has 0 spiro atoms. The molecule has 0 amide bonds. The van der Waals surface area contributed by atoms with Crippen molar-refractivity contribution in [2.24, 2.45) is 5.92 Å². The molecule has 1 saturated carbocycles. The van der Waals surface area contributed by atoms with Gasteiger partial charge in [0.15, 0.2) is 0 Å². The Morgan fingerprint density at radius 1 is 1.09 bits per heavy atom. The van der Waals surface area contributed by atoms with Gasteiger partial charge in [-0.3, -0.25) is 4.98 Å². The van der Waals surface area contributed by atoms with E-state index < -0.39 is 23.9 Å². The molecule has 0 unspecified atom stereocenters. The molecule has 0 radical (unpaired) electrons. The minimum absolute atomic E-state index is 0.0717. The lowest BCUT2D eigenvalue weighted by atomic mass is 10.1. The van der Waals surface area contributed by atoms with E-state index in [9.17, 15) is 18.3 Å². The molecule has 1 aliphatic rings. The molecule has 2 aromatic heterocycles. The van der Waals surface area contributed by atoms with E-state index in [1.165, 1.54) is 0 Å². The van der Waals surface area contributed by atoms with Crippen LogP contribution in [-0.2, 0) is 12.7 Å². The molecule has 1 aromatic carbocycles. The van der Waals surface area contributed by atoms with Gasteiger partial charge in [0.05, 0.1) is 17.8 Å². The van der Waals surface area contributed by atoms with Crippen LogP contribution >= 0.6 is 0 Å². The van der Waals surface area contributed by atoms with E-state index in [1.807, 2.05) is 42.5 Å². The Labute approximate surface area is 184 Å². The quantitative estimate of drug-likeness (QED) is 0.467. The maximum atomic E-state index is 13.4. The second-order valence-electron chi connectivity index (χ2n) is 7.98. The third kappa shape index (κ3) is 5.34. The second-order valence-corrected chi connectivity index (χ2v) is 7.98. The molecule has 0 aliphatic heterocycles. The normalized spacial score (nSPS) is 15.8. The molecule has 0 saturated heterocycles. The van der Waals surface area contributed by atoms with Gasteiger partial charge in [0.1, 0.15) is 11.4 Å². The highest BCUT2D eigenvalue weighted by atomic mass is 19.4. The number of halogens is 3. The minimum Gasteiger partial charge on any atom is -0.391 e. The first kappa shape index (κ1) is 22.0. The van der Waals surface area contributed by atoms with Gasteiger partial charge < -0.3 is 15.7 Å². The Hall–Kier alpha value is -3.20. The molecule has 3 aromatic rings. The number of alkyl halides is 3. The van der Waals surface area contributed by atoms with Crippen LogP contribution in [0.3, 0.4) is 0 Å². The molecule has 0 bridgehead atoms. The molecule has 1 aliphatic carbocycles. The number of rotatable bonds is 8. The first-order valence-corrected chi connectivity index (χ1v) is 10.4. The average Bonchev–Trinajstić information content (AvgIpc) is 3.63. The van der Waals surface area contributed by atoms with Gasteiger partial charge >= 0.3 is 6.18 Å². The highest BCUT2D eigenvalue weighted by Crippen LogP contribution is 2.37. The Morgan fingerprint density at radius 3 is 2.47 bits per heavy atom. The summed E-state index contributed by atoms with van der Waals surface area (Å²) in [5.74, 6) is -0.143. The summed E-state index contributed by atoms with van der Waals surface area (Å²) in [4.78, 5) is 12.2. The zero-order chi connectivity index (χ0) is 22.7. The van der Waals surface area contributed by atoms with Crippen LogP contribution in [-0.4, -0.2) is 32.2 Å². The van der Waals surface area contributed by atoms with Crippen LogP contribution in [0.25, 0.3) is 11.3 Å². The highest BCUT2D eigenvalue weighted by Gasteiger charge is 2.38. The number of benzene rings is 1. The summed E-state index contributed by atoms with van der Waals surface area (Å²) in [5, 5.41) is 15.9. The number of hydrogen-bond donors (Lipinski definition) is 3. The monoisotopic (exact) mass is 443 g/mol. The van der Waals surface area contributed by atoms with Crippen molar-refractivity contribution >= 4 is 11.8 Å². The van der Waals surface area contributed by atoms with Crippen LogP contribution in [0.1, 0.15) is 30.9 Å². The predicted octanol–water partition coefficient (Wildman–Crippen LogP) is 4.74. The van der Waals surface area contributed by atoms with Crippen molar-refractivity contribution in [3.05, 3.63) is 66.0 Å². The fraction of sp³-hybridized carbons (Fsp3) is 0.348. The maximum absolute atomic E-state index is 13.4. The van der Waals surface area contributed by atoms with E-state index in [-0.39, 0.29) is 17.7 Å². The number of aliphatic hydroxyl groups is 1. The summed E-state index contributed by atoms with van der Waals surface area (Å²) in [5.41, 5.74) is 1.78. The molecule has 6 nitrogen and oxygen atoms in total. The number of nitrogens with zero attached hydrogens (tertiary/aromatic N) is 3. The van der Waals surface area contributed by atoms with E-state index in [2.05, 4.69) is 25.6 Å². The molecule has 9 heteroatoms. The number of pyridine rings is 1. The van der Waals surface area contributed by atoms with Crippen LogP contribution in [0, 0.1) is 5.92 Å². The van der Waals surface area contributed by atoms with Gasteiger partial charge in [0.2, 0.25) is 5.95 Å². The Morgan fingerprint density at radius 2 is 1.84 bits per heavy atom. The minimum atomic E-state index is -4.60. The molecule has 168 valence electrons. The number of anilines is 2. The fourth-order valence-electron chi connectivity index (χ4n) is 3.44. The zero-order valence-corrected chi connectivity index (χ0v) is 17.5. The second kappa shape index (κ2) is 9.12. The SMILES string of the molecule is C[C@@H](Nc1nc(NCc2ccc(-c3ccccn3)cc2)ncc1C(F)(F)F)[C@@H](O)C1CC1. The number of nitrogens with one attached hydrogen (secondary N) is 2. The molecule has 1 fully saturated rings. The molecule has 2 heterocycles. The lowest BCUT2D eigenvalue weighted by Gasteiger charge is -2.23. The Bertz CT molecular complexity index is 1040. The first-order valence-electron chi connectivity index (χ1n) is 10.4. The van der Waals surface area contributed by atoms with Crippen molar-refractivity contribution in [1.82, 2.24) is 15.0 Å². The third-order valence-electron chi connectivity index (χ3n) is 5.44. The predicted molar refractivity (Wildman–Crippen MR) is 116 cm³/mol. The van der Waals surface area contributed by atoms with Gasteiger partial charge in [-0.15, -0.1) is 0 Å². The molecular formula is C23H24F3N5O. The van der Waals surface area contributed by atoms with Crippen LogP contribution in [0.15, 0.2) is 54.9 Å². The van der Waals surface area contributed by atoms with Crippen molar-refractivity contribution in [3.63, 3.8) is 0 Å². The van der Waals surface area contributed by atoms with E-state index in [0.717, 1.165) is 35.9 Å². The first-order chi connectivity index (χ1) is 15.3. The van der Waals surface area contributed by atoms with Gasteiger partial charge in [0.25, 0.3) is 0 Å². The average molecular weight is 443 g/mol. The lowest BCUT2D eigenvalue weighted by molar-refractivity contribution is -0.137. The maximum Gasteiger partial charge on any atom is 0.421 e. The smallest absolute Gasteiger partial charge is 0.391 e. The van der Waals surface area contributed by atoms with Crippen LogP contribution in [0.2, 0.25) is 0 Å². The summed E-state index contributed by atoms with van der Waals surface area (Å²) in [6, 6.07) is 12.8. The van der Waals surface area contributed by atoms with Gasteiger partial charge in [-0.25, -0.2) is 4.98 Å². The summed E-state index contributed by atoms with van der Waals surface area (Å²) >= 11 is 0.